The Hall–Kier alpha value is -2.90. The minimum absolute atomic E-state index is 0.0369. The third-order valence-corrected chi connectivity index (χ3v) is 7.70. The van der Waals surface area contributed by atoms with Crippen LogP contribution in [0.2, 0.25) is 0 Å². The molecule has 3 aromatic rings. The lowest BCUT2D eigenvalue weighted by atomic mass is 9.89. The van der Waals surface area contributed by atoms with E-state index in [4.69, 9.17) is 9.47 Å². The molecule has 35 heavy (non-hydrogen) atoms. The average molecular weight is 495 g/mol. The number of halogens is 1. The molecular weight excluding hydrogens is 463 g/mol. The summed E-state index contributed by atoms with van der Waals surface area (Å²) in [4.78, 5) is 17.5. The number of carbonyl (C=O) groups excluding carboxylic acids is 1. The predicted molar refractivity (Wildman–Crippen MR) is 136 cm³/mol. The molecule has 3 aliphatic heterocycles. The summed E-state index contributed by atoms with van der Waals surface area (Å²) in [7, 11) is 0. The molecule has 6 rings (SSSR count). The van der Waals surface area contributed by atoms with E-state index >= 15 is 0 Å². The molecule has 0 spiro atoms. The molecule has 0 radical (unpaired) electrons. The van der Waals surface area contributed by atoms with Crippen molar-refractivity contribution in [3.05, 3.63) is 82.3 Å². The second-order valence-electron chi connectivity index (χ2n) is 9.36. The summed E-state index contributed by atoms with van der Waals surface area (Å²) in [6.07, 6.45) is 3.25. The number of thiophene rings is 1. The van der Waals surface area contributed by atoms with E-state index in [9.17, 15) is 9.18 Å². The smallest absolute Gasteiger partial charge is 0.257 e. The van der Waals surface area contributed by atoms with Gasteiger partial charge in [-0.05, 0) is 84.8 Å². The van der Waals surface area contributed by atoms with Gasteiger partial charge in [-0.25, -0.2) is 4.39 Å². The van der Waals surface area contributed by atoms with Crippen molar-refractivity contribution in [2.24, 2.45) is 5.92 Å². The van der Waals surface area contributed by atoms with Crippen LogP contribution in [-0.2, 0) is 0 Å². The largest absolute Gasteiger partial charge is 0.454 e. The van der Waals surface area contributed by atoms with Crippen molar-refractivity contribution in [3.8, 4) is 11.5 Å². The topological polar surface area (TPSA) is 42.0 Å². The van der Waals surface area contributed by atoms with Gasteiger partial charge in [-0.1, -0.05) is 30.3 Å². The van der Waals surface area contributed by atoms with Gasteiger partial charge in [0.05, 0.1) is 5.56 Å². The lowest BCUT2D eigenvalue weighted by Crippen LogP contribution is -2.37. The predicted octanol–water partition coefficient (Wildman–Crippen LogP) is 5.64. The Balaban J connectivity index is 0.000000453. The van der Waals surface area contributed by atoms with E-state index < -0.39 is 0 Å². The Morgan fingerprint density at radius 3 is 2.43 bits per heavy atom. The number of hydrogen-bond donors (Lipinski definition) is 0. The first-order valence-corrected chi connectivity index (χ1v) is 13.2. The first kappa shape index (κ1) is 23.8. The molecule has 2 aromatic carbocycles. The van der Waals surface area contributed by atoms with Crippen LogP contribution in [-0.4, -0.2) is 55.2 Å². The van der Waals surface area contributed by atoms with E-state index in [1.165, 1.54) is 5.56 Å². The van der Waals surface area contributed by atoms with Gasteiger partial charge in [0.2, 0.25) is 6.79 Å². The summed E-state index contributed by atoms with van der Waals surface area (Å²) < 4.78 is 24.1. The fourth-order valence-corrected chi connectivity index (χ4v) is 5.66. The van der Waals surface area contributed by atoms with Gasteiger partial charge in [-0.2, -0.15) is 11.3 Å². The number of nitrogens with zero attached hydrogens (tertiary/aromatic N) is 2. The number of amides is 1. The van der Waals surface area contributed by atoms with Crippen LogP contribution in [0.25, 0.3) is 0 Å². The molecule has 3 aliphatic rings. The summed E-state index contributed by atoms with van der Waals surface area (Å²) in [6.45, 7) is 4.91. The van der Waals surface area contributed by atoms with Crippen LogP contribution >= 0.6 is 11.3 Å². The first-order valence-electron chi connectivity index (χ1n) is 12.3. The van der Waals surface area contributed by atoms with Crippen LogP contribution in [0.4, 0.5) is 4.39 Å². The summed E-state index contributed by atoms with van der Waals surface area (Å²) >= 11 is 1.71. The molecule has 0 saturated carbocycles. The third-order valence-electron chi connectivity index (χ3n) is 7.07. The molecular formula is C28H31FN2O3S. The average Bonchev–Trinajstić information content (AvgIpc) is 3.68. The molecule has 1 amide bonds. The molecule has 4 heterocycles. The molecule has 1 unspecified atom stereocenters. The van der Waals surface area contributed by atoms with Crippen molar-refractivity contribution in [2.45, 2.75) is 25.2 Å². The second-order valence-corrected chi connectivity index (χ2v) is 10.2. The minimum atomic E-state index is -0.170. The first-order chi connectivity index (χ1) is 17.2. The van der Waals surface area contributed by atoms with Crippen molar-refractivity contribution >= 4 is 17.2 Å². The Labute approximate surface area is 210 Å². The van der Waals surface area contributed by atoms with Gasteiger partial charge in [0, 0.05) is 19.6 Å². The fraction of sp³-hybridized carbons (Fsp3) is 0.393. The molecule has 2 fully saturated rings. The van der Waals surface area contributed by atoms with Crippen LogP contribution in [0, 0.1) is 11.7 Å². The van der Waals surface area contributed by atoms with Crippen LogP contribution in [0.5, 0.6) is 11.5 Å². The van der Waals surface area contributed by atoms with Crippen LogP contribution in [0.15, 0.2) is 65.4 Å². The molecule has 2 saturated heterocycles. The Bertz CT molecular complexity index is 1080. The van der Waals surface area contributed by atoms with Gasteiger partial charge in [-0.3, -0.25) is 4.79 Å². The standard InChI is InChI=1S/C24H27FN2O3.C4H4S/c25-20-6-4-18(5-7-20)19-9-11-26(12-10-19)14-17-8-13-27(15-17)24(28)21-2-1-3-22-23(21)30-16-29-22;1-2-4-5-3-1/h1-7,17,19H,8-16H2;1-4H. The quantitative estimate of drug-likeness (QED) is 0.471. The van der Waals surface area contributed by atoms with Gasteiger partial charge in [0.15, 0.2) is 11.5 Å². The van der Waals surface area contributed by atoms with Gasteiger partial charge in [0.25, 0.3) is 5.91 Å². The lowest BCUT2D eigenvalue weighted by Gasteiger charge is -2.33. The zero-order valence-electron chi connectivity index (χ0n) is 19.8. The number of benzene rings is 2. The van der Waals surface area contributed by atoms with Crippen molar-refractivity contribution in [1.82, 2.24) is 9.80 Å². The molecule has 7 heteroatoms. The number of rotatable bonds is 4. The minimum Gasteiger partial charge on any atom is -0.454 e. The van der Waals surface area contributed by atoms with E-state index in [0.29, 0.717) is 28.9 Å². The molecule has 1 atom stereocenters. The van der Waals surface area contributed by atoms with Gasteiger partial charge >= 0.3 is 0 Å². The third kappa shape index (κ3) is 5.85. The van der Waals surface area contributed by atoms with E-state index in [0.717, 1.165) is 52.0 Å². The second kappa shape index (κ2) is 11.2. The molecule has 5 nitrogen and oxygen atoms in total. The van der Waals surface area contributed by atoms with Gasteiger partial charge < -0.3 is 19.3 Å². The van der Waals surface area contributed by atoms with Gasteiger partial charge in [-0.15, -0.1) is 0 Å². The van der Waals surface area contributed by atoms with Crippen molar-refractivity contribution in [1.29, 1.82) is 0 Å². The maximum Gasteiger partial charge on any atom is 0.257 e. The number of piperidine rings is 1. The lowest BCUT2D eigenvalue weighted by molar-refractivity contribution is 0.0777. The number of likely N-dealkylation sites (tertiary alicyclic amines) is 2. The number of ether oxygens (including phenoxy) is 2. The number of para-hydroxylation sites is 1. The number of fused-ring (bicyclic) bond motifs is 1. The summed E-state index contributed by atoms with van der Waals surface area (Å²) in [6, 6.07) is 16.5. The summed E-state index contributed by atoms with van der Waals surface area (Å²) in [5.41, 5.74) is 1.85. The highest BCUT2D eigenvalue weighted by Crippen LogP contribution is 2.37. The number of hydrogen-bond acceptors (Lipinski definition) is 5. The molecule has 1 aromatic heterocycles. The normalized spacial score (nSPS) is 19.9. The molecule has 184 valence electrons. The summed E-state index contributed by atoms with van der Waals surface area (Å²) in [5.74, 6) is 2.12. The van der Waals surface area contributed by atoms with Gasteiger partial charge in [0.1, 0.15) is 5.82 Å². The SMILES string of the molecule is O=C(c1cccc2c1OCO2)N1CCC(CN2CCC(c3ccc(F)cc3)CC2)C1.c1ccsc1. The number of carbonyl (C=O) groups is 1. The monoisotopic (exact) mass is 494 g/mol. The highest BCUT2D eigenvalue weighted by Gasteiger charge is 2.32. The summed E-state index contributed by atoms with van der Waals surface area (Å²) in [5, 5.41) is 4.08. The van der Waals surface area contributed by atoms with Crippen LogP contribution in [0.3, 0.4) is 0 Å². The van der Waals surface area contributed by atoms with E-state index in [1.807, 2.05) is 58.1 Å². The fourth-order valence-electron chi connectivity index (χ4n) is 5.21. The highest BCUT2D eigenvalue weighted by molar-refractivity contribution is 7.07. The zero-order valence-corrected chi connectivity index (χ0v) is 20.6. The Kier molecular flexibility index (Phi) is 7.64. The van der Waals surface area contributed by atoms with E-state index in [-0.39, 0.29) is 18.5 Å². The zero-order chi connectivity index (χ0) is 24.0. The Morgan fingerprint density at radius 2 is 1.71 bits per heavy atom. The van der Waals surface area contributed by atoms with E-state index in [2.05, 4.69) is 4.90 Å². The van der Waals surface area contributed by atoms with Crippen LogP contribution < -0.4 is 9.47 Å². The Morgan fingerprint density at radius 1 is 0.943 bits per heavy atom. The molecule has 0 bridgehead atoms. The van der Waals surface area contributed by atoms with Crippen LogP contribution in [0.1, 0.15) is 41.1 Å². The van der Waals surface area contributed by atoms with E-state index in [1.54, 1.807) is 23.5 Å². The van der Waals surface area contributed by atoms with Crippen molar-refractivity contribution in [3.63, 3.8) is 0 Å². The highest BCUT2D eigenvalue weighted by atomic mass is 32.1. The maximum absolute atomic E-state index is 13.2. The van der Waals surface area contributed by atoms with Crippen molar-refractivity contribution < 1.29 is 18.7 Å². The van der Waals surface area contributed by atoms with Crippen molar-refractivity contribution in [2.75, 3.05) is 39.5 Å². The molecule has 0 aliphatic carbocycles. The molecule has 0 N–H and O–H groups in total. The maximum atomic E-state index is 13.2.